The molecular weight excluding hydrogens is 194 g/mol. The molecule has 1 aromatic heterocycles. The van der Waals surface area contributed by atoms with E-state index in [4.69, 9.17) is 0 Å². The van der Waals surface area contributed by atoms with Crippen molar-refractivity contribution in [2.24, 2.45) is 0 Å². The Labute approximate surface area is 89.1 Å². The average molecular weight is 211 g/mol. The zero-order chi connectivity index (χ0) is 11.4. The molecule has 1 rings (SSSR count). The van der Waals surface area contributed by atoms with Crippen molar-refractivity contribution in [3.63, 3.8) is 0 Å². The van der Waals surface area contributed by atoms with Crippen LogP contribution >= 0.6 is 0 Å². The zero-order valence-electron chi connectivity index (χ0n) is 9.53. The lowest BCUT2D eigenvalue weighted by atomic mass is 10.3. The molecule has 0 saturated heterocycles. The molecule has 0 aliphatic rings. The number of carbonyl (C=O) groups is 1. The van der Waals surface area contributed by atoms with E-state index in [9.17, 15) is 4.79 Å². The quantitative estimate of drug-likeness (QED) is 0.723. The van der Waals surface area contributed by atoms with Gasteiger partial charge in [0.05, 0.1) is 0 Å². The van der Waals surface area contributed by atoms with Crippen molar-refractivity contribution >= 4 is 5.91 Å². The van der Waals surface area contributed by atoms with Crippen LogP contribution in [0.1, 0.15) is 23.4 Å². The summed E-state index contributed by atoms with van der Waals surface area (Å²) < 4.78 is 0. The molecular formula is C9H17N5O. The smallest absolute Gasteiger partial charge is 0.291 e. The van der Waals surface area contributed by atoms with Crippen molar-refractivity contribution < 1.29 is 4.79 Å². The summed E-state index contributed by atoms with van der Waals surface area (Å²) in [5.74, 6) is 0.590. The van der Waals surface area contributed by atoms with Crippen LogP contribution < -0.4 is 5.32 Å². The van der Waals surface area contributed by atoms with Crippen LogP contribution in [0, 0.1) is 6.92 Å². The van der Waals surface area contributed by atoms with Gasteiger partial charge in [-0.05, 0) is 27.9 Å². The molecule has 1 unspecified atom stereocenters. The topological polar surface area (TPSA) is 73.9 Å². The highest BCUT2D eigenvalue weighted by Crippen LogP contribution is 1.92. The van der Waals surface area contributed by atoms with Crippen LogP contribution in [0.2, 0.25) is 0 Å². The van der Waals surface area contributed by atoms with E-state index >= 15 is 0 Å². The minimum absolute atomic E-state index is 0.193. The van der Waals surface area contributed by atoms with Gasteiger partial charge in [-0.3, -0.25) is 9.89 Å². The lowest BCUT2D eigenvalue weighted by molar-refractivity contribution is 0.0933. The molecule has 0 saturated carbocycles. The van der Waals surface area contributed by atoms with Gasteiger partial charge in [0, 0.05) is 12.6 Å². The summed E-state index contributed by atoms with van der Waals surface area (Å²) >= 11 is 0. The lowest BCUT2D eigenvalue weighted by Crippen LogP contribution is -2.38. The maximum absolute atomic E-state index is 11.5. The number of likely N-dealkylation sites (N-methyl/N-ethyl adjacent to an activating group) is 1. The number of carbonyl (C=O) groups excluding carboxylic acids is 1. The Morgan fingerprint density at radius 1 is 1.60 bits per heavy atom. The summed E-state index contributed by atoms with van der Waals surface area (Å²) in [5, 5.41) is 9.17. The molecule has 0 aliphatic heterocycles. The minimum atomic E-state index is -0.243. The number of aromatic nitrogens is 3. The van der Waals surface area contributed by atoms with Crippen LogP contribution in [0.5, 0.6) is 0 Å². The number of nitrogens with one attached hydrogen (secondary N) is 2. The number of amides is 1. The molecule has 6 nitrogen and oxygen atoms in total. The number of aromatic amines is 1. The van der Waals surface area contributed by atoms with Crippen molar-refractivity contribution in [1.82, 2.24) is 25.4 Å². The number of hydrogen-bond donors (Lipinski definition) is 2. The van der Waals surface area contributed by atoms with Gasteiger partial charge in [-0.2, -0.15) is 0 Å². The van der Waals surface area contributed by atoms with Crippen molar-refractivity contribution in [3.05, 3.63) is 11.6 Å². The molecule has 0 radical (unpaired) electrons. The van der Waals surface area contributed by atoms with Gasteiger partial charge in [0.2, 0.25) is 5.82 Å². The fraction of sp³-hybridized carbons (Fsp3) is 0.667. The van der Waals surface area contributed by atoms with Crippen LogP contribution in [-0.4, -0.2) is 52.7 Å². The van der Waals surface area contributed by atoms with Gasteiger partial charge in [-0.25, -0.2) is 4.98 Å². The van der Waals surface area contributed by atoms with E-state index < -0.39 is 0 Å². The van der Waals surface area contributed by atoms with Gasteiger partial charge in [0.25, 0.3) is 5.91 Å². The predicted molar refractivity (Wildman–Crippen MR) is 56.6 cm³/mol. The Morgan fingerprint density at radius 2 is 2.27 bits per heavy atom. The number of aryl methyl sites for hydroxylation is 1. The zero-order valence-corrected chi connectivity index (χ0v) is 9.53. The highest BCUT2D eigenvalue weighted by atomic mass is 16.2. The second-order valence-corrected chi connectivity index (χ2v) is 3.77. The van der Waals surface area contributed by atoms with Crippen LogP contribution in [0.25, 0.3) is 0 Å². The minimum Gasteiger partial charge on any atom is -0.348 e. The van der Waals surface area contributed by atoms with Crippen LogP contribution in [0.4, 0.5) is 0 Å². The van der Waals surface area contributed by atoms with Gasteiger partial charge in [-0.1, -0.05) is 0 Å². The number of H-pyrrole nitrogens is 1. The Morgan fingerprint density at radius 3 is 2.73 bits per heavy atom. The molecule has 0 aromatic carbocycles. The second kappa shape index (κ2) is 4.88. The summed E-state index contributed by atoms with van der Waals surface area (Å²) in [7, 11) is 3.93. The van der Waals surface area contributed by atoms with Gasteiger partial charge < -0.3 is 10.2 Å². The van der Waals surface area contributed by atoms with Crippen molar-refractivity contribution in [2.45, 2.75) is 19.9 Å². The Kier molecular flexibility index (Phi) is 3.79. The van der Waals surface area contributed by atoms with Gasteiger partial charge in [0.15, 0.2) is 0 Å². The number of hydrogen-bond acceptors (Lipinski definition) is 4. The lowest BCUT2D eigenvalue weighted by Gasteiger charge is -2.19. The normalized spacial score (nSPS) is 12.9. The van der Waals surface area contributed by atoms with Crippen LogP contribution in [0.3, 0.4) is 0 Å². The van der Waals surface area contributed by atoms with E-state index in [1.54, 1.807) is 6.92 Å². The second-order valence-electron chi connectivity index (χ2n) is 3.77. The first-order chi connectivity index (χ1) is 7.00. The summed E-state index contributed by atoms with van der Waals surface area (Å²) in [6, 6.07) is 0.286. The largest absolute Gasteiger partial charge is 0.348 e. The van der Waals surface area contributed by atoms with Crippen LogP contribution in [-0.2, 0) is 0 Å². The van der Waals surface area contributed by atoms with Gasteiger partial charge in [-0.15, -0.1) is 5.10 Å². The Balaban J connectivity index is 2.43. The van der Waals surface area contributed by atoms with Crippen molar-refractivity contribution in [1.29, 1.82) is 0 Å². The summed E-state index contributed by atoms with van der Waals surface area (Å²) in [6.07, 6.45) is 0. The molecule has 84 valence electrons. The Hall–Kier alpha value is -1.43. The van der Waals surface area contributed by atoms with Crippen LogP contribution in [0.15, 0.2) is 0 Å². The van der Waals surface area contributed by atoms with E-state index in [1.807, 2.05) is 25.9 Å². The monoisotopic (exact) mass is 211 g/mol. The maximum atomic E-state index is 11.5. The molecule has 6 heteroatoms. The number of rotatable bonds is 4. The molecule has 0 spiro atoms. The number of nitrogens with zero attached hydrogens (tertiary/aromatic N) is 3. The first-order valence-corrected chi connectivity index (χ1v) is 4.84. The average Bonchev–Trinajstić information content (AvgIpc) is 2.60. The Bertz CT molecular complexity index is 333. The van der Waals surface area contributed by atoms with E-state index in [2.05, 4.69) is 20.5 Å². The van der Waals surface area contributed by atoms with E-state index in [0.717, 1.165) is 0 Å². The SMILES string of the molecule is Cc1nc(C(=O)NCC(C)N(C)C)n[nH]1. The predicted octanol–water partition coefficient (Wildman–Crippen LogP) is -0.207. The standard InChI is InChI=1S/C9H17N5O/c1-6(14(3)4)5-10-9(15)8-11-7(2)12-13-8/h6H,5H2,1-4H3,(H,10,15)(H,11,12,13). The molecule has 1 amide bonds. The third-order valence-corrected chi connectivity index (χ3v) is 2.24. The first kappa shape index (κ1) is 11.6. The van der Waals surface area contributed by atoms with Crippen molar-refractivity contribution in [3.8, 4) is 0 Å². The molecule has 2 N–H and O–H groups in total. The molecule has 15 heavy (non-hydrogen) atoms. The van der Waals surface area contributed by atoms with Gasteiger partial charge in [0.1, 0.15) is 5.82 Å². The van der Waals surface area contributed by atoms with E-state index in [0.29, 0.717) is 12.4 Å². The molecule has 1 heterocycles. The van der Waals surface area contributed by atoms with Crippen molar-refractivity contribution in [2.75, 3.05) is 20.6 Å². The third kappa shape index (κ3) is 3.32. The molecule has 0 fully saturated rings. The molecule has 1 atom stereocenters. The highest BCUT2D eigenvalue weighted by Gasteiger charge is 2.12. The van der Waals surface area contributed by atoms with Gasteiger partial charge >= 0.3 is 0 Å². The molecule has 0 bridgehead atoms. The molecule has 0 aliphatic carbocycles. The molecule has 1 aromatic rings. The first-order valence-electron chi connectivity index (χ1n) is 4.84. The van der Waals surface area contributed by atoms with E-state index in [-0.39, 0.29) is 17.8 Å². The fourth-order valence-corrected chi connectivity index (χ4v) is 0.946. The summed E-state index contributed by atoms with van der Waals surface area (Å²) in [4.78, 5) is 17.5. The highest BCUT2D eigenvalue weighted by molar-refractivity contribution is 5.90. The summed E-state index contributed by atoms with van der Waals surface area (Å²) in [5.41, 5.74) is 0. The third-order valence-electron chi connectivity index (χ3n) is 2.24. The fourth-order valence-electron chi connectivity index (χ4n) is 0.946. The maximum Gasteiger partial charge on any atom is 0.291 e. The van der Waals surface area contributed by atoms with E-state index in [1.165, 1.54) is 0 Å². The summed E-state index contributed by atoms with van der Waals surface area (Å²) in [6.45, 7) is 4.37.